The first-order valence-electron chi connectivity index (χ1n) is 5.60. The third kappa shape index (κ3) is 3.78. The monoisotopic (exact) mass is 217 g/mol. The van der Waals surface area contributed by atoms with Crippen LogP contribution in [0.4, 0.5) is 4.39 Å². The topological polar surface area (TPSA) is 40.5 Å². The summed E-state index contributed by atoms with van der Waals surface area (Å²) in [6, 6.07) is 0. The molecule has 1 aliphatic heterocycles. The maximum Gasteiger partial charge on any atom is 0.338 e. The van der Waals surface area contributed by atoms with Gasteiger partial charge in [0.1, 0.15) is 0 Å². The van der Waals surface area contributed by atoms with Gasteiger partial charge in [0, 0.05) is 12.5 Å². The molecular formula is C11H20FNO2. The Bertz CT molecular complexity index is 213. The number of carbonyl (C=O) groups is 1. The fourth-order valence-electron chi connectivity index (χ4n) is 2.15. The number of hydrogen-bond donors (Lipinski definition) is 1. The van der Waals surface area contributed by atoms with E-state index in [1.165, 1.54) is 0 Å². The Labute approximate surface area is 90.3 Å². The molecule has 0 radical (unpaired) electrons. The summed E-state index contributed by atoms with van der Waals surface area (Å²) in [6.45, 7) is 6.99. The number of carboxylic acid groups (broad SMARTS) is 1. The van der Waals surface area contributed by atoms with Gasteiger partial charge >= 0.3 is 5.97 Å². The van der Waals surface area contributed by atoms with E-state index in [1.807, 2.05) is 0 Å². The maximum atomic E-state index is 13.2. The van der Waals surface area contributed by atoms with Crippen LogP contribution in [0, 0.1) is 11.8 Å². The third-order valence-corrected chi connectivity index (χ3v) is 2.91. The zero-order chi connectivity index (χ0) is 11.4. The van der Waals surface area contributed by atoms with Crippen LogP contribution >= 0.6 is 0 Å². The van der Waals surface area contributed by atoms with E-state index in [0.717, 1.165) is 19.6 Å². The number of piperidine rings is 1. The minimum absolute atomic E-state index is 0.286. The SMILES string of the molecule is CC(C)CN1CCC(C(F)C(=O)O)CC1. The van der Waals surface area contributed by atoms with Gasteiger partial charge in [0.2, 0.25) is 0 Å². The second kappa shape index (κ2) is 5.45. The average molecular weight is 217 g/mol. The number of nitrogens with zero attached hydrogens (tertiary/aromatic N) is 1. The first-order chi connectivity index (χ1) is 7.00. The fraction of sp³-hybridized carbons (Fsp3) is 0.909. The van der Waals surface area contributed by atoms with Crippen molar-refractivity contribution in [2.45, 2.75) is 32.9 Å². The van der Waals surface area contributed by atoms with Crippen molar-refractivity contribution in [3.8, 4) is 0 Å². The molecular weight excluding hydrogens is 197 g/mol. The Kier molecular flexibility index (Phi) is 4.51. The number of carboxylic acids is 1. The molecule has 0 spiro atoms. The zero-order valence-electron chi connectivity index (χ0n) is 9.45. The van der Waals surface area contributed by atoms with Gasteiger partial charge in [-0.1, -0.05) is 13.8 Å². The van der Waals surface area contributed by atoms with E-state index in [2.05, 4.69) is 18.7 Å². The summed E-state index contributed by atoms with van der Waals surface area (Å²) in [6.07, 6.45) is -0.341. The van der Waals surface area contributed by atoms with Crippen LogP contribution in [0.5, 0.6) is 0 Å². The molecule has 1 fully saturated rings. The summed E-state index contributed by atoms with van der Waals surface area (Å²) in [5, 5.41) is 8.56. The molecule has 4 heteroatoms. The zero-order valence-corrected chi connectivity index (χ0v) is 9.45. The van der Waals surface area contributed by atoms with Crippen LogP contribution in [0.3, 0.4) is 0 Å². The van der Waals surface area contributed by atoms with E-state index in [-0.39, 0.29) is 5.92 Å². The van der Waals surface area contributed by atoms with Crippen molar-refractivity contribution in [1.82, 2.24) is 4.90 Å². The highest BCUT2D eigenvalue weighted by atomic mass is 19.1. The summed E-state index contributed by atoms with van der Waals surface area (Å²) >= 11 is 0. The van der Waals surface area contributed by atoms with E-state index in [4.69, 9.17) is 5.11 Å². The molecule has 1 N–H and O–H groups in total. The van der Waals surface area contributed by atoms with Crippen LogP contribution in [-0.2, 0) is 4.79 Å². The van der Waals surface area contributed by atoms with Crippen molar-refractivity contribution in [1.29, 1.82) is 0 Å². The number of likely N-dealkylation sites (tertiary alicyclic amines) is 1. The highest BCUT2D eigenvalue weighted by Gasteiger charge is 2.31. The number of hydrogen-bond acceptors (Lipinski definition) is 2. The summed E-state index contributed by atoms with van der Waals surface area (Å²) in [7, 11) is 0. The molecule has 0 amide bonds. The van der Waals surface area contributed by atoms with Crippen LogP contribution in [0.1, 0.15) is 26.7 Å². The third-order valence-electron chi connectivity index (χ3n) is 2.91. The Morgan fingerprint density at radius 1 is 1.47 bits per heavy atom. The molecule has 0 bridgehead atoms. The van der Waals surface area contributed by atoms with Crippen LogP contribution in [0.15, 0.2) is 0 Å². The molecule has 1 aliphatic rings. The molecule has 0 saturated carbocycles. The molecule has 88 valence electrons. The van der Waals surface area contributed by atoms with Crippen molar-refractivity contribution in [3.05, 3.63) is 0 Å². The lowest BCUT2D eigenvalue weighted by molar-refractivity contribution is -0.145. The highest BCUT2D eigenvalue weighted by Crippen LogP contribution is 2.23. The summed E-state index contributed by atoms with van der Waals surface area (Å²) < 4.78 is 13.2. The number of alkyl halides is 1. The molecule has 3 nitrogen and oxygen atoms in total. The standard InChI is InChI=1S/C11H20FNO2/c1-8(2)7-13-5-3-9(4-6-13)10(12)11(14)15/h8-10H,3-7H2,1-2H3,(H,14,15). The van der Waals surface area contributed by atoms with Crippen molar-refractivity contribution in [2.24, 2.45) is 11.8 Å². The highest BCUT2D eigenvalue weighted by molar-refractivity contribution is 5.72. The molecule has 0 aliphatic carbocycles. The molecule has 1 saturated heterocycles. The van der Waals surface area contributed by atoms with Gasteiger partial charge in [-0.25, -0.2) is 9.18 Å². The van der Waals surface area contributed by atoms with Crippen molar-refractivity contribution >= 4 is 5.97 Å². The van der Waals surface area contributed by atoms with Crippen LogP contribution in [-0.4, -0.2) is 41.8 Å². The van der Waals surface area contributed by atoms with E-state index in [1.54, 1.807) is 0 Å². The van der Waals surface area contributed by atoms with Crippen molar-refractivity contribution in [3.63, 3.8) is 0 Å². The lowest BCUT2D eigenvalue weighted by atomic mass is 9.92. The number of aliphatic carboxylic acids is 1. The summed E-state index contributed by atoms with van der Waals surface area (Å²) in [5.74, 6) is -0.981. The molecule has 0 aromatic heterocycles. The quantitative estimate of drug-likeness (QED) is 0.780. The second-order valence-electron chi connectivity index (χ2n) is 4.77. The van der Waals surface area contributed by atoms with Crippen molar-refractivity contribution < 1.29 is 14.3 Å². The molecule has 0 aromatic rings. The number of halogens is 1. The first-order valence-corrected chi connectivity index (χ1v) is 5.60. The van der Waals surface area contributed by atoms with E-state index in [0.29, 0.717) is 18.8 Å². The van der Waals surface area contributed by atoms with Crippen LogP contribution < -0.4 is 0 Å². The van der Waals surface area contributed by atoms with Gasteiger partial charge in [-0.15, -0.1) is 0 Å². The predicted molar refractivity (Wildman–Crippen MR) is 56.5 cm³/mol. The molecule has 1 rings (SSSR count). The van der Waals surface area contributed by atoms with Crippen LogP contribution in [0.25, 0.3) is 0 Å². The van der Waals surface area contributed by atoms with E-state index < -0.39 is 12.1 Å². The summed E-state index contributed by atoms with van der Waals surface area (Å²) in [5.41, 5.74) is 0. The van der Waals surface area contributed by atoms with Gasteiger partial charge in [0.05, 0.1) is 0 Å². The Balaban J connectivity index is 2.32. The Morgan fingerprint density at radius 2 is 2.00 bits per heavy atom. The second-order valence-corrected chi connectivity index (χ2v) is 4.77. The Hall–Kier alpha value is -0.640. The van der Waals surface area contributed by atoms with Gasteiger partial charge < -0.3 is 10.0 Å². The molecule has 1 unspecified atom stereocenters. The molecule has 0 aromatic carbocycles. The Morgan fingerprint density at radius 3 is 2.40 bits per heavy atom. The van der Waals surface area contributed by atoms with E-state index >= 15 is 0 Å². The van der Waals surface area contributed by atoms with E-state index in [9.17, 15) is 9.18 Å². The lowest BCUT2D eigenvalue weighted by Gasteiger charge is -2.33. The maximum absolute atomic E-state index is 13.2. The normalized spacial score (nSPS) is 21.9. The van der Waals surface area contributed by atoms with Gasteiger partial charge in [-0.2, -0.15) is 0 Å². The summed E-state index contributed by atoms with van der Waals surface area (Å²) in [4.78, 5) is 12.8. The van der Waals surface area contributed by atoms with Gasteiger partial charge in [-0.3, -0.25) is 0 Å². The molecule has 1 atom stereocenters. The van der Waals surface area contributed by atoms with Crippen LogP contribution in [0.2, 0.25) is 0 Å². The minimum Gasteiger partial charge on any atom is -0.479 e. The minimum atomic E-state index is -1.67. The molecule has 1 heterocycles. The van der Waals surface area contributed by atoms with Gasteiger partial charge in [0.25, 0.3) is 0 Å². The largest absolute Gasteiger partial charge is 0.479 e. The first kappa shape index (κ1) is 12.4. The van der Waals surface area contributed by atoms with Gasteiger partial charge in [-0.05, 0) is 31.8 Å². The average Bonchev–Trinajstić information content (AvgIpc) is 2.17. The smallest absolute Gasteiger partial charge is 0.338 e. The number of rotatable bonds is 4. The molecule has 15 heavy (non-hydrogen) atoms. The fourth-order valence-corrected chi connectivity index (χ4v) is 2.15. The predicted octanol–water partition coefficient (Wildman–Crippen LogP) is 1.78. The van der Waals surface area contributed by atoms with Crippen molar-refractivity contribution in [2.75, 3.05) is 19.6 Å². The lowest BCUT2D eigenvalue weighted by Crippen LogP contribution is -2.40. The van der Waals surface area contributed by atoms with Gasteiger partial charge in [0.15, 0.2) is 6.17 Å².